The van der Waals surface area contributed by atoms with Crippen LogP contribution in [0, 0.1) is 0 Å². The molecular weight excluding hydrogens is 374 g/mol. The van der Waals surface area contributed by atoms with Gasteiger partial charge >= 0.3 is 5.97 Å². The third-order valence-corrected chi connectivity index (χ3v) is 4.91. The maximum absolute atomic E-state index is 11.5. The van der Waals surface area contributed by atoms with Crippen molar-refractivity contribution < 1.29 is 14.3 Å². The number of carbonyl (C=O) groups excluding carboxylic acids is 1. The van der Waals surface area contributed by atoms with Crippen LogP contribution in [0.4, 0.5) is 0 Å². The molecule has 0 N–H and O–H groups in total. The molecule has 0 amide bonds. The van der Waals surface area contributed by atoms with Gasteiger partial charge in [-0.2, -0.15) is 0 Å². The molecule has 0 bridgehead atoms. The second-order valence-corrected chi connectivity index (χ2v) is 7.09. The summed E-state index contributed by atoms with van der Waals surface area (Å²) in [5.41, 5.74) is 4.09. The number of carbonyl (C=O) groups is 1. The summed E-state index contributed by atoms with van der Waals surface area (Å²) < 4.78 is 13.5. The summed E-state index contributed by atoms with van der Waals surface area (Å²) in [4.78, 5) is 11.5. The molecule has 4 nitrogen and oxygen atoms in total. The van der Waals surface area contributed by atoms with Crippen molar-refractivity contribution in [3.63, 3.8) is 0 Å². The van der Waals surface area contributed by atoms with Gasteiger partial charge in [0.1, 0.15) is 18.1 Å². The van der Waals surface area contributed by atoms with Gasteiger partial charge < -0.3 is 14.0 Å². The number of hydrogen-bond acceptors (Lipinski definition) is 3. The Morgan fingerprint density at radius 2 is 1.70 bits per heavy atom. The lowest BCUT2D eigenvalue weighted by molar-refractivity contribution is -0.131. The second-order valence-electron chi connectivity index (χ2n) is 7.09. The minimum atomic E-state index is -0.354. The van der Waals surface area contributed by atoms with E-state index in [4.69, 9.17) is 9.47 Å². The summed E-state index contributed by atoms with van der Waals surface area (Å²) in [6.07, 6.45) is 3.96. The van der Waals surface area contributed by atoms with Gasteiger partial charge in [-0.25, -0.2) is 0 Å². The van der Waals surface area contributed by atoms with E-state index in [0.717, 1.165) is 22.3 Å². The van der Waals surface area contributed by atoms with Gasteiger partial charge in [0, 0.05) is 36.1 Å². The van der Waals surface area contributed by atoms with Crippen molar-refractivity contribution in [1.82, 2.24) is 4.57 Å². The predicted octanol–water partition coefficient (Wildman–Crippen LogP) is 5.85. The summed E-state index contributed by atoms with van der Waals surface area (Å²) in [6.45, 7) is 1.87. The minimum Gasteiger partial charge on any atom is -0.489 e. The van der Waals surface area contributed by atoms with Crippen LogP contribution in [0.25, 0.3) is 23.1 Å². The molecular formula is C26H23NO3. The highest BCUT2D eigenvalue weighted by Gasteiger charge is 2.08. The standard InChI is InChI=1S/C26H23NO3/c1-19(28)30-26-15-14-24(29-18-20-8-4-3-5-9-20)17-22(26)12-13-23-16-21-10-6-7-11-25(21)27(23)2/h3-17H,18H2,1-2H3. The van der Waals surface area contributed by atoms with Gasteiger partial charge in [-0.15, -0.1) is 0 Å². The van der Waals surface area contributed by atoms with E-state index < -0.39 is 0 Å². The maximum Gasteiger partial charge on any atom is 0.308 e. The first-order valence-corrected chi connectivity index (χ1v) is 9.82. The highest BCUT2D eigenvalue weighted by atomic mass is 16.5. The van der Waals surface area contributed by atoms with E-state index in [1.54, 1.807) is 6.07 Å². The summed E-state index contributed by atoms with van der Waals surface area (Å²) in [5, 5.41) is 1.18. The zero-order valence-corrected chi connectivity index (χ0v) is 17.0. The van der Waals surface area contributed by atoms with Gasteiger partial charge in [0.15, 0.2) is 0 Å². The molecule has 0 saturated heterocycles. The average molecular weight is 397 g/mol. The first-order chi connectivity index (χ1) is 14.6. The number of aromatic nitrogens is 1. The van der Waals surface area contributed by atoms with Crippen LogP contribution < -0.4 is 9.47 Å². The summed E-state index contributed by atoms with van der Waals surface area (Å²) in [6, 6.07) is 25.8. The van der Waals surface area contributed by atoms with Crippen LogP contribution >= 0.6 is 0 Å². The smallest absolute Gasteiger partial charge is 0.308 e. The highest BCUT2D eigenvalue weighted by Crippen LogP contribution is 2.28. The molecule has 4 rings (SSSR count). The number of benzene rings is 3. The van der Waals surface area contributed by atoms with E-state index in [2.05, 4.69) is 22.8 Å². The Morgan fingerprint density at radius 1 is 0.933 bits per heavy atom. The first-order valence-electron chi connectivity index (χ1n) is 9.82. The van der Waals surface area contributed by atoms with Crippen molar-refractivity contribution in [2.45, 2.75) is 13.5 Å². The van der Waals surface area contributed by atoms with Gasteiger partial charge in [-0.05, 0) is 48.0 Å². The number of para-hydroxylation sites is 1. The number of hydrogen-bond donors (Lipinski definition) is 0. The molecule has 1 heterocycles. The van der Waals surface area contributed by atoms with Crippen molar-refractivity contribution in [2.75, 3.05) is 0 Å². The molecule has 30 heavy (non-hydrogen) atoms. The Balaban J connectivity index is 1.62. The predicted molar refractivity (Wildman–Crippen MR) is 120 cm³/mol. The third kappa shape index (κ3) is 4.44. The molecule has 4 aromatic rings. The van der Waals surface area contributed by atoms with Gasteiger partial charge in [0.25, 0.3) is 0 Å². The van der Waals surface area contributed by atoms with E-state index in [1.165, 1.54) is 12.3 Å². The van der Waals surface area contributed by atoms with Crippen LogP contribution in [0.3, 0.4) is 0 Å². The second kappa shape index (κ2) is 8.70. The molecule has 4 heteroatoms. The molecule has 0 aliphatic rings. The van der Waals surface area contributed by atoms with Crippen LogP contribution in [0.15, 0.2) is 78.9 Å². The lowest BCUT2D eigenvalue weighted by Gasteiger charge is -2.10. The highest BCUT2D eigenvalue weighted by molar-refractivity contribution is 5.86. The molecule has 0 unspecified atom stereocenters. The Kier molecular flexibility index (Phi) is 5.66. The van der Waals surface area contributed by atoms with Crippen LogP contribution in [0.1, 0.15) is 23.7 Å². The monoisotopic (exact) mass is 397 g/mol. The Labute approximate surface area is 176 Å². The first kappa shape index (κ1) is 19.5. The number of aryl methyl sites for hydroxylation is 1. The number of nitrogens with zero attached hydrogens (tertiary/aromatic N) is 1. The van der Waals surface area contributed by atoms with Gasteiger partial charge in [-0.1, -0.05) is 48.5 Å². The maximum atomic E-state index is 11.5. The molecule has 0 aliphatic carbocycles. The Hall–Kier alpha value is -3.79. The third-order valence-electron chi connectivity index (χ3n) is 4.91. The lowest BCUT2D eigenvalue weighted by atomic mass is 10.1. The number of ether oxygens (including phenoxy) is 2. The van der Waals surface area contributed by atoms with Gasteiger partial charge in [-0.3, -0.25) is 4.79 Å². The fourth-order valence-corrected chi connectivity index (χ4v) is 3.38. The van der Waals surface area contributed by atoms with Crippen molar-refractivity contribution >= 4 is 29.0 Å². The SMILES string of the molecule is CC(=O)Oc1ccc(OCc2ccccc2)cc1C=Cc1cc2ccccc2n1C. The lowest BCUT2D eigenvalue weighted by Crippen LogP contribution is -2.03. The Morgan fingerprint density at radius 3 is 2.47 bits per heavy atom. The number of esters is 1. The fourth-order valence-electron chi connectivity index (χ4n) is 3.38. The van der Waals surface area contributed by atoms with E-state index in [1.807, 2.05) is 73.8 Å². The van der Waals surface area contributed by atoms with Gasteiger partial charge in [0.2, 0.25) is 0 Å². The molecule has 0 aliphatic heterocycles. The number of fused-ring (bicyclic) bond motifs is 1. The van der Waals surface area contributed by atoms with Crippen LogP contribution in [-0.2, 0) is 18.4 Å². The van der Waals surface area contributed by atoms with Crippen molar-refractivity contribution in [3.05, 3.63) is 95.7 Å². The normalized spacial score (nSPS) is 11.1. The molecule has 0 radical (unpaired) electrons. The molecule has 0 saturated carbocycles. The van der Waals surface area contributed by atoms with Crippen molar-refractivity contribution in [3.8, 4) is 11.5 Å². The van der Waals surface area contributed by atoms with E-state index in [9.17, 15) is 4.79 Å². The van der Waals surface area contributed by atoms with Gasteiger partial charge in [0.05, 0.1) is 0 Å². The van der Waals surface area contributed by atoms with Crippen LogP contribution in [0.5, 0.6) is 11.5 Å². The van der Waals surface area contributed by atoms with Crippen LogP contribution in [0.2, 0.25) is 0 Å². The molecule has 150 valence electrons. The van der Waals surface area contributed by atoms with Crippen LogP contribution in [-0.4, -0.2) is 10.5 Å². The van der Waals surface area contributed by atoms with Crippen molar-refractivity contribution in [1.29, 1.82) is 0 Å². The topological polar surface area (TPSA) is 40.5 Å². The summed E-state index contributed by atoms with van der Waals surface area (Å²) in [7, 11) is 2.04. The molecule has 0 spiro atoms. The Bertz CT molecular complexity index is 1210. The summed E-state index contributed by atoms with van der Waals surface area (Å²) >= 11 is 0. The average Bonchev–Trinajstić information content (AvgIpc) is 3.08. The zero-order valence-electron chi connectivity index (χ0n) is 17.0. The fraction of sp³-hybridized carbons (Fsp3) is 0.115. The molecule has 3 aromatic carbocycles. The quantitative estimate of drug-likeness (QED) is 0.302. The number of rotatable bonds is 6. The molecule has 0 fully saturated rings. The van der Waals surface area contributed by atoms with E-state index >= 15 is 0 Å². The van der Waals surface area contributed by atoms with E-state index in [-0.39, 0.29) is 5.97 Å². The molecule has 0 atom stereocenters. The molecule has 1 aromatic heterocycles. The zero-order chi connectivity index (χ0) is 20.9. The van der Waals surface area contributed by atoms with E-state index in [0.29, 0.717) is 18.1 Å². The van der Waals surface area contributed by atoms with Crippen molar-refractivity contribution in [2.24, 2.45) is 7.05 Å². The summed E-state index contributed by atoms with van der Waals surface area (Å²) in [5.74, 6) is 0.864. The largest absolute Gasteiger partial charge is 0.489 e. The minimum absolute atomic E-state index is 0.354.